The Hall–Kier alpha value is -2.34. The standard InChI is InChI=1S/C13H12ClN3O3/c1-7-4-8(11(15)18)2-3-9(7)5-17-6-10(14)12(19)16-13(17)20/h2-4,6H,5H2,1H3,(H2,15,18)(H,16,19,20). The predicted octanol–water partition coefficient (Wildman–Crippen LogP) is 0.646. The Morgan fingerprint density at radius 1 is 1.40 bits per heavy atom. The second-order valence-corrected chi connectivity index (χ2v) is 4.78. The number of nitrogens with two attached hydrogens (primary N) is 1. The topological polar surface area (TPSA) is 97.9 Å². The highest BCUT2D eigenvalue weighted by molar-refractivity contribution is 6.30. The van der Waals surface area contributed by atoms with Crippen molar-refractivity contribution >= 4 is 17.5 Å². The first-order valence-corrected chi connectivity index (χ1v) is 6.15. The number of benzene rings is 1. The van der Waals surface area contributed by atoms with Gasteiger partial charge >= 0.3 is 5.69 Å². The molecule has 1 aromatic carbocycles. The summed E-state index contributed by atoms with van der Waals surface area (Å²) in [6, 6.07) is 4.94. The molecule has 0 bridgehead atoms. The van der Waals surface area contributed by atoms with Crippen molar-refractivity contribution in [3.63, 3.8) is 0 Å². The summed E-state index contributed by atoms with van der Waals surface area (Å²) in [4.78, 5) is 36.0. The summed E-state index contributed by atoms with van der Waals surface area (Å²) in [7, 11) is 0. The van der Waals surface area contributed by atoms with Crippen LogP contribution in [0, 0.1) is 6.92 Å². The Bertz CT molecular complexity index is 792. The van der Waals surface area contributed by atoms with Crippen LogP contribution in [-0.2, 0) is 6.54 Å². The van der Waals surface area contributed by atoms with Crippen molar-refractivity contribution in [3.8, 4) is 0 Å². The molecule has 0 aliphatic heterocycles. The molecule has 6 nitrogen and oxygen atoms in total. The van der Waals surface area contributed by atoms with E-state index in [2.05, 4.69) is 4.98 Å². The van der Waals surface area contributed by atoms with Crippen molar-refractivity contribution < 1.29 is 4.79 Å². The maximum absolute atomic E-state index is 11.7. The van der Waals surface area contributed by atoms with Crippen LogP contribution in [0.5, 0.6) is 0 Å². The largest absolute Gasteiger partial charge is 0.366 e. The average Bonchev–Trinajstić information content (AvgIpc) is 2.37. The third-order valence-corrected chi connectivity index (χ3v) is 3.20. The molecular formula is C13H12ClN3O3. The van der Waals surface area contributed by atoms with E-state index < -0.39 is 17.2 Å². The molecule has 0 fully saturated rings. The number of halogens is 1. The summed E-state index contributed by atoms with van der Waals surface area (Å²) in [6.45, 7) is 2.04. The van der Waals surface area contributed by atoms with E-state index in [1.165, 1.54) is 10.8 Å². The first-order valence-electron chi connectivity index (χ1n) is 5.77. The van der Waals surface area contributed by atoms with E-state index in [1.807, 2.05) is 0 Å². The normalized spacial score (nSPS) is 10.5. The maximum Gasteiger partial charge on any atom is 0.328 e. The van der Waals surface area contributed by atoms with Gasteiger partial charge in [-0.05, 0) is 30.2 Å². The van der Waals surface area contributed by atoms with Crippen molar-refractivity contribution in [1.82, 2.24) is 9.55 Å². The number of primary amides is 1. The number of rotatable bonds is 3. The van der Waals surface area contributed by atoms with Crippen molar-refractivity contribution in [2.24, 2.45) is 5.73 Å². The van der Waals surface area contributed by atoms with Gasteiger partial charge in [0.15, 0.2) is 0 Å². The second-order valence-electron chi connectivity index (χ2n) is 4.37. The summed E-state index contributed by atoms with van der Waals surface area (Å²) in [5.41, 5.74) is 6.07. The number of hydrogen-bond donors (Lipinski definition) is 2. The highest BCUT2D eigenvalue weighted by Gasteiger charge is 2.07. The third-order valence-electron chi connectivity index (χ3n) is 2.94. The Kier molecular flexibility index (Phi) is 3.76. The van der Waals surface area contributed by atoms with Gasteiger partial charge in [0.25, 0.3) is 5.56 Å². The van der Waals surface area contributed by atoms with Gasteiger partial charge in [0, 0.05) is 11.8 Å². The molecule has 0 radical (unpaired) electrons. The monoisotopic (exact) mass is 293 g/mol. The smallest absolute Gasteiger partial charge is 0.328 e. The zero-order valence-electron chi connectivity index (χ0n) is 10.6. The summed E-state index contributed by atoms with van der Waals surface area (Å²) >= 11 is 5.69. The van der Waals surface area contributed by atoms with Gasteiger partial charge < -0.3 is 5.73 Å². The van der Waals surface area contributed by atoms with Crippen LogP contribution >= 0.6 is 11.6 Å². The number of nitrogens with one attached hydrogen (secondary N) is 1. The molecular weight excluding hydrogens is 282 g/mol. The van der Waals surface area contributed by atoms with Crippen molar-refractivity contribution in [1.29, 1.82) is 0 Å². The lowest BCUT2D eigenvalue weighted by Gasteiger charge is -2.09. The van der Waals surface area contributed by atoms with Crippen molar-refractivity contribution in [2.75, 3.05) is 0 Å². The Morgan fingerprint density at radius 2 is 2.10 bits per heavy atom. The Labute approximate surface area is 118 Å². The second kappa shape index (κ2) is 5.34. The average molecular weight is 294 g/mol. The molecule has 2 aromatic rings. The lowest BCUT2D eigenvalue weighted by atomic mass is 10.0. The number of aromatic nitrogens is 2. The molecule has 1 aromatic heterocycles. The van der Waals surface area contributed by atoms with Crippen LogP contribution in [0.15, 0.2) is 34.0 Å². The van der Waals surface area contributed by atoms with Gasteiger partial charge in [0.1, 0.15) is 5.02 Å². The van der Waals surface area contributed by atoms with Crippen LogP contribution in [0.3, 0.4) is 0 Å². The molecule has 2 rings (SSSR count). The summed E-state index contributed by atoms with van der Waals surface area (Å²) in [6.07, 6.45) is 1.28. The van der Waals surface area contributed by atoms with Gasteiger partial charge in [-0.25, -0.2) is 4.79 Å². The van der Waals surface area contributed by atoms with Gasteiger partial charge in [0.2, 0.25) is 5.91 Å². The molecule has 1 heterocycles. The highest BCUT2D eigenvalue weighted by atomic mass is 35.5. The van der Waals surface area contributed by atoms with Crippen molar-refractivity contribution in [3.05, 3.63) is 66.9 Å². The van der Waals surface area contributed by atoms with Gasteiger partial charge in [-0.1, -0.05) is 17.7 Å². The zero-order chi connectivity index (χ0) is 14.9. The van der Waals surface area contributed by atoms with Gasteiger partial charge in [-0.2, -0.15) is 0 Å². The van der Waals surface area contributed by atoms with E-state index >= 15 is 0 Å². The molecule has 1 amide bonds. The molecule has 7 heteroatoms. The minimum Gasteiger partial charge on any atom is -0.366 e. The molecule has 0 saturated heterocycles. The first-order chi connectivity index (χ1) is 9.38. The predicted molar refractivity (Wildman–Crippen MR) is 75.1 cm³/mol. The van der Waals surface area contributed by atoms with Crippen LogP contribution in [-0.4, -0.2) is 15.5 Å². The van der Waals surface area contributed by atoms with E-state index in [-0.39, 0.29) is 11.6 Å². The van der Waals surface area contributed by atoms with Crippen LogP contribution in [0.4, 0.5) is 0 Å². The highest BCUT2D eigenvalue weighted by Crippen LogP contribution is 2.12. The minimum absolute atomic E-state index is 0.0593. The number of amides is 1. The Morgan fingerprint density at radius 3 is 2.70 bits per heavy atom. The summed E-state index contributed by atoms with van der Waals surface area (Å²) in [5, 5.41) is -0.0593. The first kappa shape index (κ1) is 14.1. The van der Waals surface area contributed by atoms with E-state index in [1.54, 1.807) is 25.1 Å². The molecule has 0 aliphatic rings. The quantitative estimate of drug-likeness (QED) is 0.869. The number of nitrogens with zero attached hydrogens (tertiary/aromatic N) is 1. The van der Waals surface area contributed by atoms with E-state index in [9.17, 15) is 14.4 Å². The molecule has 0 atom stereocenters. The molecule has 104 valence electrons. The number of carbonyl (C=O) groups excluding carboxylic acids is 1. The van der Waals surface area contributed by atoms with E-state index in [4.69, 9.17) is 17.3 Å². The van der Waals surface area contributed by atoms with Gasteiger partial charge in [-0.15, -0.1) is 0 Å². The van der Waals surface area contributed by atoms with Crippen molar-refractivity contribution in [2.45, 2.75) is 13.5 Å². The molecule has 0 saturated carbocycles. The molecule has 0 unspecified atom stereocenters. The number of aromatic amines is 1. The fraction of sp³-hybridized carbons (Fsp3) is 0.154. The zero-order valence-corrected chi connectivity index (χ0v) is 11.4. The number of hydrogen-bond acceptors (Lipinski definition) is 3. The molecule has 0 spiro atoms. The molecule has 0 aliphatic carbocycles. The van der Waals surface area contributed by atoms with E-state index in [0.29, 0.717) is 5.56 Å². The van der Waals surface area contributed by atoms with Gasteiger partial charge in [0.05, 0.1) is 6.54 Å². The minimum atomic E-state index is -0.617. The lowest BCUT2D eigenvalue weighted by Crippen LogP contribution is -2.30. The van der Waals surface area contributed by atoms with Crippen LogP contribution < -0.4 is 17.0 Å². The summed E-state index contributed by atoms with van der Waals surface area (Å²) < 4.78 is 1.29. The van der Waals surface area contributed by atoms with Crippen LogP contribution in [0.25, 0.3) is 0 Å². The fourth-order valence-electron chi connectivity index (χ4n) is 1.81. The lowest BCUT2D eigenvalue weighted by molar-refractivity contribution is 0.1000. The fourth-order valence-corrected chi connectivity index (χ4v) is 1.98. The molecule has 20 heavy (non-hydrogen) atoms. The van der Waals surface area contributed by atoms with Crippen LogP contribution in [0.1, 0.15) is 21.5 Å². The SMILES string of the molecule is Cc1cc(C(N)=O)ccc1Cn1cc(Cl)c(=O)[nH]c1=O. The number of carbonyl (C=O) groups is 1. The third kappa shape index (κ3) is 2.80. The number of H-pyrrole nitrogens is 1. The van der Waals surface area contributed by atoms with E-state index in [0.717, 1.165) is 11.1 Å². The summed E-state index contributed by atoms with van der Waals surface area (Å²) in [5.74, 6) is -0.510. The Balaban J connectivity index is 2.40. The number of aryl methyl sites for hydroxylation is 1. The maximum atomic E-state index is 11.7. The van der Waals surface area contributed by atoms with Gasteiger partial charge in [-0.3, -0.25) is 19.1 Å². The van der Waals surface area contributed by atoms with Crippen LogP contribution in [0.2, 0.25) is 5.02 Å². The molecule has 3 N–H and O–H groups in total.